The average Bonchev–Trinajstić information content (AvgIpc) is 2.96. The monoisotopic (exact) mass is 345 g/mol. The minimum atomic E-state index is -2.86. The zero-order chi connectivity index (χ0) is 17.2. The fourth-order valence-electron chi connectivity index (χ4n) is 3.21. The van der Waals surface area contributed by atoms with E-state index in [1.807, 2.05) is 31.3 Å². The van der Waals surface area contributed by atoms with Gasteiger partial charge in [0.15, 0.2) is 9.84 Å². The van der Waals surface area contributed by atoms with Gasteiger partial charge in [0.1, 0.15) is 5.75 Å². The Labute approximate surface area is 144 Å². The normalized spacial score (nSPS) is 19.5. The van der Waals surface area contributed by atoms with Gasteiger partial charge in [-0.05, 0) is 30.7 Å². The Morgan fingerprint density at radius 1 is 1.12 bits per heavy atom. The summed E-state index contributed by atoms with van der Waals surface area (Å²) in [6, 6.07) is 16.5. The number of benzene rings is 2. The summed E-state index contributed by atoms with van der Waals surface area (Å²) in [6.07, 6.45) is 0.712. The van der Waals surface area contributed by atoms with Crippen LogP contribution in [0.15, 0.2) is 48.5 Å². The van der Waals surface area contributed by atoms with Gasteiger partial charge in [-0.3, -0.25) is 4.90 Å². The van der Waals surface area contributed by atoms with Crippen LogP contribution in [-0.4, -0.2) is 45.0 Å². The zero-order valence-corrected chi connectivity index (χ0v) is 14.9. The van der Waals surface area contributed by atoms with Crippen molar-refractivity contribution in [1.29, 1.82) is 0 Å². The highest BCUT2D eigenvalue weighted by atomic mass is 32.2. The molecular formula is C19H23NO3S. The second-order valence-electron chi connectivity index (χ2n) is 6.36. The van der Waals surface area contributed by atoms with Crippen molar-refractivity contribution in [3.8, 4) is 16.9 Å². The maximum atomic E-state index is 11.7. The predicted molar refractivity (Wildman–Crippen MR) is 97.0 cm³/mol. The summed E-state index contributed by atoms with van der Waals surface area (Å²) in [5, 5.41) is 0. The quantitative estimate of drug-likeness (QED) is 0.836. The molecule has 2 aromatic rings. The third-order valence-electron chi connectivity index (χ3n) is 4.65. The molecule has 0 amide bonds. The van der Waals surface area contributed by atoms with Crippen molar-refractivity contribution in [2.45, 2.75) is 19.0 Å². The Morgan fingerprint density at radius 2 is 1.88 bits per heavy atom. The number of methoxy groups -OCH3 is 1. The summed E-state index contributed by atoms with van der Waals surface area (Å²) in [5.41, 5.74) is 3.34. The molecule has 24 heavy (non-hydrogen) atoms. The Balaban J connectivity index is 1.79. The van der Waals surface area contributed by atoms with Crippen molar-refractivity contribution >= 4 is 9.84 Å². The number of hydrogen-bond donors (Lipinski definition) is 0. The molecular weight excluding hydrogens is 322 g/mol. The molecule has 128 valence electrons. The van der Waals surface area contributed by atoms with Crippen LogP contribution in [0, 0.1) is 0 Å². The van der Waals surface area contributed by atoms with Crippen molar-refractivity contribution in [2.75, 3.05) is 25.7 Å². The largest absolute Gasteiger partial charge is 0.496 e. The van der Waals surface area contributed by atoms with E-state index in [1.54, 1.807) is 7.11 Å². The molecule has 2 aromatic carbocycles. The van der Waals surface area contributed by atoms with E-state index in [9.17, 15) is 8.42 Å². The van der Waals surface area contributed by atoms with E-state index in [4.69, 9.17) is 4.74 Å². The molecule has 1 fully saturated rings. The van der Waals surface area contributed by atoms with Gasteiger partial charge in [-0.15, -0.1) is 0 Å². The predicted octanol–water partition coefficient (Wildman–Crippen LogP) is 2.98. The first-order valence-electron chi connectivity index (χ1n) is 8.11. The van der Waals surface area contributed by atoms with Gasteiger partial charge in [0.2, 0.25) is 0 Å². The smallest absolute Gasteiger partial charge is 0.151 e. The van der Waals surface area contributed by atoms with E-state index in [0.717, 1.165) is 22.4 Å². The Morgan fingerprint density at radius 3 is 2.50 bits per heavy atom. The zero-order valence-electron chi connectivity index (χ0n) is 14.1. The second kappa shape index (κ2) is 6.95. The third kappa shape index (κ3) is 3.79. The van der Waals surface area contributed by atoms with Crippen molar-refractivity contribution < 1.29 is 13.2 Å². The number of hydrogen-bond acceptors (Lipinski definition) is 4. The summed E-state index contributed by atoms with van der Waals surface area (Å²) >= 11 is 0. The van der Waals surface area contributed by atoms with E-state index in [1.165, 1.54) is 0 Å². The van der Waals surface area contributed by atoms with Gasteiger partial charge in [0.25, 0.3) is 0 Å². The van der Waals surface area contributed by atoms with Crippen LogP contribution in [0.4, 0.5) is 0 Å². The molecule has 0 spiro atoms. The molecule has 1 aliphatic rings. The van der Waals surface area contributed by atoms with Gasteiger partial charge >= 0.3 is 0 Å². The van der Waals surface area contributed by atoms with E-state index < -0.39 is 9.84 Å². The molecule has 0 aliphatic carbocycles. The molecule has 0 aromatic heterocycles. The highest BCUT2D eigenvalue weighted by Gasteiger charge is 2.30. The number of ether oxygens (including phenoxy) is 1. The standard InChI is InChI=1S/C19H23NO3S/c1-20(18-10-11-24(21,22)14-18)13-17-9-8-16(12-19(17)23-2)15-6-4-3-5-7-15/h3-9,12,18H,10-11,13-14H2,1-2H3/t18-/m0/s1. The first kappa shape index (κ1) is 17.0. The number of sulfone groups is 1. The lowest BCUT2D eigenvalue weighted by molar-refractivity contribution is 0.250. The summed E-state index contributed by atoms with van der Waals surface area (Å²) in [6.45, 7) is 0.679. The molecule has 4 nitrogen and oxygen atoms in total. The lowest BCUT2D eigenvalue weighted by atomic mass is 10.0. The summed E-state index contributed by atoms with van der Waals surface area (Å²) < 4.78 is 28.9. The molecule has 0 unspecified atom stereocenters. The highest BCUT2D eigenvalue weighted by Crippen LogP contribution is 2.29. The summed E-state index contributed by atoms with van der Waals surface area (Å²) in [4.78, 5) is 2.12. The van der Waals surface area contributed by atoms with Gasteiger partial charge in [0, 0.05) is 18.2 Å². The molecule has 3 rings (SSSR count). The van der Waals surface area contributed by atoms with Crippen molar-refractivity contribution in [3.05, 3.63) is 54.1 Å². The van der Waals surface area contributed by atoms with Crippen LogP contribution in [0.25, 0.3) is 11.1 Å². The van der Waals surface area contributed by atoms with Crippen molar-refractivity contribution in [1.82, 2.24) is 4.90 Å². The SMILES string of the molecule is COc1cc(-c2ccccc2)ccc1CN(C)[C@H]1CCS(=O)(=O)C1. The van der Waals surface area contributed by atoms with Crippen LogP contribution in [0.5, 0.6) is 5.75 Å². The molecule has 0 radical (unpaired) electrons. The van der Waals surface area contributed by atoms with Crippen molar-refractivity contribution in [2.24, 2.45) is 0 Å². The molecule has 0 bridgehead atoms. The fourth-order valence-corrected chi connectivity index (χ4v) is 5.01. The van der Waals surface area contributed by atoms with Crippen LogP contribution < -0.4 is 4.74 Å². The fraction of sp³-hybridized carbons (Fsp3) is 0.368. The molecule has 1 heterocycles. The summed E-state index contributed by atoms with van der Waals surface area (Å²) in [5.74, 6) is 1.39. The van der Waals surface area contributed by atoms with Crippen LogP contribution >= 0.6 is 0 Å². The van der Waals surface area contributed by atoms with Crippen LogP contribution in [0.2, 0.25) is 0 Å². The first-order chi connectivity index (χ1) is 11.5. The van der Waals surface area contributed by atoms with Gasteiger partial charge in [0.05, 0.1) is 18.6 Å². The molecule has 1 atom stereocenters. The minimum Gasteiger partial charge on any atom is -0.496 e. The lowest BCUT2D eigenvalue weighted by Crippen LogP contribution is -2.32. The summed E-state index contributed by atoms with van der Waals surface area (Å²) in [7, 11) is 0.792. The van der Waals surface area contributed by atoms with Crippen LogP contribution in [-0.2, 0) is 16.4 Å². The molecule has 0 saturated carbocycles. The molecule has 1 saturated heterocycles. The maximum absolute atomic E-state index is 11.7. The van der Waals surface area contributed by atoms with Crippen LogP contribution in [0.3, 0.4) is 0 Å². The Bertz CT molecular complexity index is 803. The Kier molecular flexibility index (Phi) is 4.92. The van der Waals surface area contributed by atoms with Gasteiger partial charge in [-0.25, -0.2) is 8.42 Å². The average molecular weight is 345 g/mol. The lowest BCUT2D eigenvalue weighted by Gasteiger charge is -2.24. The van der Waals surface area contributed by atoms with E-state index in [0.29, 0.717) is 18.7 Å². The van der Waals surface area contributed by atoms with Crippen LogP contribution in [0.1, 0.15) is 12.0 Å². The Hall–Kier alpha value is -1.85. The molecule has 0 N–H and O–H groups in total. The second-order valence-corrected chi connectivity index (χ2v) is 8.59. The van der Waals surface area contributed by atoms with Gasteiger partial charge < -0.3 is 4.74 Å². The minimum absolute atomic E-state index is 0.0912. The van der Waals surface area contributed by atoms with E-state index in [-0.39, 0.29) is 11.8 Å². The van der Waals surface area contributed by atoms with Gasteiger partial charge in [-0.1, -0.05) is 42.5 Å². The van der Waals surface area contributed by atoms with Crippen molar-refractivity contribution in [3.63, 3.8) is 0 Å². The molecule has 1 aliphatic heterocycles. The maximum Gasteiger partial charge on any atom is 0.151 e. The number of nitrogens with zero attached hydrogens (tertiary/aromatic N) is 1. The topological polar surface area (TPSA) is 46.6 Å². The first-order valence-corrected chi connectivity index (χ1v) is 9.93. The highest BCUT2D eigenvalue weighted by molar-refractivity contribution is 7.91. The molecule has 5 heteroatoms. The number of rotatable bonds is 5. The van der Waals surface area contributed by atoms with Gasteiger partial charge in [-0.2, -0.15) is 0 Å². The van der Waals surface area contributed by atoms with E-state index >= 15 is 0 Å². The third-order valence-corrected chi connectivity index (χ3v) is 6.40. The van der Waals surface area contributed by atoms with E-state index in [2.05, 4.69) is 29.2 Å².